The van der Waals surface area contributed by atoms with Crippen molar-refractivity contribution in [2.24, 2.45) is 5.92 Å². The van der Waals surface area contributed by atoms with Crippen LogP contribution in [0.4, 0.5) is 5.69 Å². The number of hydrogen-bond acceptors (Lipinski definition) is 3. The number of aryl methyl sites for hydroxylation is 1. The fraction of sp³-hybridized carbons (Fsp3) is 0.556. The number of benzene rings is 1. The van der Waals surface area contributed by atoms with E-state index < -0.39 is 6.10 Å². The quantitative estimate of drug-likeness (QED) is 0.686. The zero-order valence-corrected chi connectivity index (χ0v) is 13.9. The number of carbonyl (C=O) groups excluding carboxylic acids is 2. The Hall–Kier alpha value is -1.88. The maximum atomic E-state index is 11.8. The van der Waals surface area contributed by atoms with Crippen molar-refractivity contribution in [1.29, 1.82) is 0 Å². The van der Waals surface area contributed by atoms with Gasteiger partial charge in [-0.25, -0.2) is 0 Å². The molecule has 2 atom stereocenters. The summed E-state index contributed by atoms with van der Waals surface area (Å²) in [5, 5.41) is 15.4. The van der Waals surface area contributed by atoms with Crippen LogP contribution < -0.4 is 10.6 Å². The summed E-state index contributed by atoms with van der Waals surface area (Å²) in [5.41, 5.74) is 3.08. The first-order chi connectivity index (χ1) is 11.0. The number of hydrogen-bond donors (Lipinski definition) is 3. The average molecular weight is 318 g/mol. The van der Waals surface area contributed by atoms with E-state index in [2.05, 4.69) is 10.6 Å². The summed E-state index contributed by atoms with van der Waals surface area (Å²) in [4.78, 5) is 23.1. The highest BCUT2D eigenvalue weighted by molar-refractivity contribution is 5.99. The molecule has 1 aliphatic rings. The van der Waals surface area contributed by atoms with Gasteiger partial charge in [0.25, 0.3) is 0 Å². The largest absolute Gasteiger partial charge is 0.391 e. The summed E-state index contributed by atoms with van der Waals surface area (Å²) >= 11 is 0. The van der Waals surface area contributed by atoms with Crippen molar-refractivity contribution in [1.82, 2.24) is 5.32 Å². The van der Waals surface area contributed by atoms with Crippen molar-refractivity contribution in [3.8, 4) is 0 Å². The Morgan fingerprint density at radius 2 is 2.22 bits per heavy atom. The van der Waals surface area contributed by atoms with Gasteiger partial charge in [0.1, 0.15) is 0 Å². The normalized spacial score (nSPS) is 15.7. The molecule has 23 heavy (non-hydrogen) atoms. The number of fused-ring (bicyclic) bond motifs is 1. The van der Waals surface area contributed by atoms with Gasteiger partial charge < -0.3 is 15.7 Å². The number of carbonyl (C=O) groups is 2. The lowest BCUT2D eigenvalue weighted by atomic mass is 10.0. The van der Waals surface area contributed by atoms with Crippen LogP contribution in [0.15, 0.2) is 18.2 Å². The highest BCUT2D eigenvalue weighted by Crippen LogP contribution is 2.24. The molecule has 1 aromatic carbocycles. The number of rotatable bonds is 8. The van der Waals surface area contributed by atoms with Crippen LogP contribution in [-0.4, -0.2) is 29.6 Å². The summed E-state index contributed by atoms with van der Waals surface area (Å²) in [6, 6.07) is 5.96. The van der Waals surface area contributed by atoms with Crippen LogP contribution in [0.2, 0.25) is 0 Å². The summed E-state index contributed by atoms with van der Waals surface area (Å²) in [5.74, 6) is 0.208. The second-order valence-electron chi connectivity index (χ2n) is 6.33. The fourth-order valence-electron chi connectivity index (χ4n) is 2.67. The molecule has 0 fully saturated rings. The van der Waals surface area contributed by atoms with E-state index in [1.165, 1.54) is 0 Å². The Morgan fingerprint density at radius 1 is 1.43 bits per heavy atom. The van der Waals surface area contributed by atoms with Crippen molar-refractivity contribution in [3.05, 3.63) is 29.3 Å². The number of anilines is 1. The molecule has 0 spiro atoms. The third-order valence-corrected chi connectivity index (χ3v) is 4.47. The van der Waals surface area contributed by atoms with Crippen LogP contribution in [0, 0.1) is 5.92 Å². The molecule has 1 aliphatic heterocycles. The molecule has 5 nitrogen and oxygen atoms in total. The molecule has 0 saturated carbocycles. The summed E-state index contributed by atoms with van der Waals surface area (Å²) in [6.45, 7) is 4.32. The molecule has 3 N–H and O–H groups in total. The first kappa shape index (κ1) is 17.5. The van der Waals surface area contributed by atoms with Gasteiger partial charge in [-0.3, -0.25) is 9.59 Å². The Balaban J connectivity index is 1.70. The van der Waals surface area contributed by atoms with Crippen molar-refractivity contribution in [3.63, 3.8) is 0 Å². The van der Waals surface area contributed by atoms with E-state index in [4.69, 9.17) is 0 Å². The molecule has 0 aliphatic carbocycles. The molecule has 0 bridgehead atoms. The van der Waals surface area contributed by atoms with Gasteiger partial charge in [0.05, 0.1) is 12.5 Å². The zero-order chi connectivity index (χ0) is 16.8. The average Bonchev–Trinajstić information content (AvgIpc) is 2.91. The van der Waals surface area contributed by atoms with Crippen LogP contribution in [0.3, 0.4) is 0 Å². The highest BCUT2D eigenvalue weighted by Gasteiger charge is 2.17. The predicted molar refractivity (Wildman–Crippen MR) is 90.2 cm³/mol. The third-order valence-electron chi connectivity index (χ3n) is 4.47. The fourth-order valence-corrected chi connectivity index (χ4v) is 2.67. The monoisotopic (exact) mass is 318 g/mol. The van der Waals surface area contributed by atoms with E-state index in [1.807, 2.05) is 32.0 Å². The van der Waals surface area contributed by atoms with Gasteiger partial charge in [0.15, 0.2) is 0 Å². The predicted octanol–water partition coefficient (Wildman–Crippen LogP) is 2.03. The van der Waals surface area contributed by atoms with Gasteiger partial charge in [0, 0.05) is 18.7 Å². The van der Waals surface area contributed by atoms with Crippen LogP contribution in [-0.2, 0) is 22.4 Å². The third kappa shape index (κ3) is 5.06. The number of nitrogens with one attached hydrogen (secondary N) is 2. The zero-order valence-electron chi connectivity index (χ0n) is 13.9. The first-order valence-electron chi connectivity index (χ1n) is 8.36. The minimum atomic E-state index is -0.481. The van der Waals surface area contributed by atoms with Gasteiger partial charge in [-0.15, -0.1) is 0 Å². The number of aliphatic hydroxyl groups excluding tert-OH is 1. The van der Waals surface area contributed by atoms with Gasteiger partial charge in [0.2, 0.25) is 11.8 Å². The van der Waals surface area contributed by atoms with Gasteiger partial charge in [-0.2, -0.15) is 0 Å². The molecule has 2 rings (SSSR count). The standard InChI is InChI=1S/C18H26N2O3/c1-3-12(2)16(21)11-19-17(22)6-4-5-13-7-8-15-14(9-13)10-18(23)20-15/h7-9,12,16,21H,3-6,10-11H2,1-2H3,(H,19,22)(H,20,23). The number of aliphatic hydroxyl groups is 1. The molecular weight excluding hydrogens is 292 g/mol. The Bertz CT molecular complexity index is 571. The maximum Gasteiger partial charge on any atom is 0.228 e. The first-order valence-corrected chi connectivity index (χ1v) is 8.36. The second kappa shape index (κ2) is 8.11. The molecule has 2 unspecified atom stereocenters. The minimum absolute atomic E-state index is 0.0228. The molecule has 1 heterocycles. The maximum absolute atomic E-state index is 11.8. The van der Waals surface area contributed by atoms with E-state index in [0.717, 1.165) is 36.1 Å². The molecule has 0 radical (unpaired) electrons. The summed E-state index contributed by atoms with van der Waals surface area (Å²) in [6.07, 6.45) is 2.87. The van der Waals surface area contributed by atoms with Crippen molar-refractivity contribution in [2.75, 3.05) is 11.9 Å². The smallest absolute Gasteiger partial charge is 0.228 e. The van der Waals surface area contributed by atoms with Crippen LogP contribution in [0.25, 0.3) is 0 Å². The Kier molecular flexibility index (Phi) is 6.16. The van der Waals surface area contributed by atoms with E-state index >= 15 is 0 Å². The van der Waals surface area contributed by atoms with Crippen molar-refractivity contribution in [2.45, 2.75) is 52.1 Å². The Morgan fingerprint density at radius 3 is 2.96 bits per heavy atom. The molecule has 0 saturated heterocycles. The number of amides is 2. The van der Waals surface area contributed by atoms with E-state index in [1.54, 1.807) is 0 Å². The SMILES string of the molecule is CCC(C)C(O)CNC(=O)CCCc1ccc2c(c1)CC(=O)N2. The van der Waals surface area contributed by atoms with Crippen molar-refractivity contribution < 1.29 is 14.7 Å². The van der Waals surface area contributed by atoms with Crippen LogP contribution >= 0.6 is 0 Å². The molecule has 0 aromatic heterocycles. The lowest BCUT2D eigenvalue weighted by Crippen LogP contribution is -2.35. The lowest BCUT2D eigenvalue weighted by Gasteiger charge is -2.17. The van der Waals surface area contributed by atoms with Crippen molar-refractivity contribution >= 4 is 17.5 Å². The van der Waals surface area contributed by atoms with E-state index in [-0.39, 0.29) is 17.7 Å². The molecular formula is C18H26N2O3. The highest BCUT2D eigenvalue weighted by atomic mass is 16.3. The molecule has 126 valence electrons. The molecule has 1 aromatic rings. The second-order valence-corrected chi connectivity index (χ2v) is 6.33. The van der Waals surface area contributed by atoms with Gasteiger partial charge in [-0.1, -0.05) is 32.4 Å². The Labute approximate surface area is 137 Å². The van der Waals surface area contributed by atoms with E-state index in [9.17, 15) is 14.7 Å². The van der Waals surface area contributed by atoms with E-state index in [0.29, 0.717) is 19.4 Å². The van der Waals surface area contributed by atoms with Gasteiger partial charge >= 0.3 is 0 Å². The van der Waals surface area contributed by atoms with Gasteiger partial charge in [-0.05, 0) is 36.0 Å². The molecule has 5 heteroatoms. The lowest BCUT2D eigenvalue weighted by molar-refractivity contribution is -0.121. The van der Waals surface area contributed by atoms with Crippen LogP contribution in [0.5, 0.6) is 0 Å². The topological polar surface area (TPSA) is 78.4 Å². The molecule has 2 amide bonds. The summed E-state index contributed by atoms with van der Waals surface area (Å²) < 4.78 is 0. The summed E-state index contributed by atoms with van der Waals surface area (Å²) in [7, 11) is 0. The minimum Gasteiger partial charge on any atom is -0.391 e. The van der Waals surface area contributed by atoms with Crippen LogP contribution in [0.1, 0.15) is 44.2 Å².